The molecule has 0 saturated heterocycles. The second-order valence-electron chi connectivity index (χ2n) is 4.53. The Morgan fingerprint density at radius 1 is 1.53 bits per heavy atom. The van der Waals surface area contributed by atoms with Crippen molar-refractivity contribution in [3.63, 3.8) is 0 Å². The van der Waals surface area contributed by atoms with Crippen LogP contribution in [0.4, 0.5) is 0 Å². The van der Waals surface area contributed by atoms with Crippen LogP contribution in [0, 0.1) is 0 Å². The maximum absolute atomic E-state index is 6.28. The van der Waals surface area contributed by atoms with E-state index in [1.807, 2.05) is 12.1 Å². The summed E-state index contributed by atoms with van der Waals surface area (Å²) < 4.78 is 0. The predicted molar refractivity (Wildman–Crippen MR) is 65.2 cm³/mol. The maximum Gasteiger partial charge on any atom is 0.197 e. The lowest BCUT2D eigenvalue weighted by Crippen LogP contribution is -2.57. The van der Waals surface area contributed by atoms with Gasteiger partial charge in [-0.3, -0.25) is 10.1 Å². The van der Waals surface area contributed by atoms with E-state index in [-0.39, 0.29) is 0 Å². The summed E-state index contributed by atoms with van der Waals surface area (Å²) in [5.41, 5.74) is 7.46. The standard InChI is InChI=1S/C11H16N6/c1-13-10-14-5-4-11(12,15-10)9-6-8(16-17-9)7-2-3-7/h4-7H,2-3,12H2,1H3,(H,16,17)(H2,13,14,15). The number of nitrogens with one attached hydrogen (secondary N) is 3. The van der Waals surface area contributed by atoms with Crippen molar-refractivity contribution in [3.8, 4) is 0 Å². The number of nitrogens with zero attached hydrogens (tertiary/aromatic N) is 2. The average molecular weight is 232 g/mol. The van der Waals surface area contributed by atoms with Gasteiger partial charge in [-0.1, -0.05) is 0 Å². The molecule has 2 aliphatic rings. The van der Waals surface area contributed by atoms with Crippen LogP contribution in [0.25, 0.3) is 0 Å². The third-order valence-electron chi connectivity index (χ3n) is 3.15. The minimum atomic E-state index is -0.788. The Morgan fingerprint density at radius 3 is 3.06 bits per heavy atom. The van der Waals surface area contributed by atoms with Crippen molar-refractivity contribution in [2.45, 2.75) is 24.4 Å². The fraction of sp³-hybridized carbons (Fsp3) is 0.455. The Morgan fingerprint density at radius 2 is 2.35 bits per heavy atom. The lowest BCUT2D eigenvalue weighted by molar-refractivity contribution is 0.484. The maximum atomic E-state index is 6.28. The van der Waals surface area contributed by atoms with E-state index in [2.05, 4.69) is 25.8 Å². The van der Waals surface area contributed by atoms with E-state index in [1.54, 1.807) is 13.2 Å². The van der Waals surface area contributed by atoms with Gasteiger partial charge in [-0.05, 0) is 25.0 Å². The number of aromatic amines is 1. The molecule has 1 aliphatic heterocycles. The molecule has 5 N–H and O–H groups in total. The van der Waals surface area contributed by atoms with Gasteiger partial charge in [0.2, 0.25) is 0 Å². The van der Waals surface area contributed by atoms with Crippen LogP contribution in [0.2, 0.25) is 0 Å². The molecular formula is C11H16N6. The molecule has 1 aliphatic carbocycles. The molecule has 0 amide bonds. The molecule has 1 atom stereocenters. The molecule has 17 heavy (non-hydrogen) atoms. The number of aromatic nitrogens is 2. The first-order valence-corrected chi connectivity index (χ1v) is 5.75. The highest BCUT2D eigenvalue weighted by Gasteiger charge is 2.33. The number of rotatable bonds is 2. The van der Waals surface area contributed by atoms with E-state index in [0.717, 1.165) is 5.69 Å². The molecule has 6 nitrogen and oxygen atoms in total. The summed E-state index contributed by atoms with van der Waals surface area (Å²) in [4.78, 5) is 4.05. The molecule has 1 unspecified atom stereocenters. The molecule has 0 radical (unpaired) electrons. The predicted octanol–water partition coefficient (Wildman–Crippen LogP) is 0.0909. The van der Waals surface area contributed by atoms with Gasteiger partial charge >= 0.3 is 0 Å². The lowest BCUT2D eigenvalue weighted by atomic mass is 10.1. The van der Waals surface area contributed by atoms with Gasteiger partial charge in [-0.15, -0.1) is 0 Å². The first-order chi connectivity index (χ1) is 8.21. The van der Waals surface area contributed by atoms with Crippen molar-refractivity contribution in [2.75, 3.05) is 7.05 Å². The van der Waals surface area contributed by atoms with Gasteiger partial charge in [-0.2, -0.15) is 5.10 Å². The van der Waals surface area contributed by atoms with Crippen LogP contribution in [-0.2, 0) is 5.66 Å². The largest absolute Gasteiger partial charge is 0.333 e. The minimum absolute atomic E-state index is 0.643. The number of nitrogens with two attached hydrogens (primary N) is 1. The molecule has 1 aromatic heterocycles. The molecule has 6 heteroatoms. The highest BCUT2D eigenvalue weighted by atomic mass is 15.3. The molecule has 0 spiro atoms. The van der Waals surface area contributed by atoms with E-state index in [0.29, 0.717) is 11.9 Å². The summed E-state index contributed by atoms with van der Waals surface area (Å²) >= 11 is 0. The number of guanidine groups is 1. The van der Waals surface area contributed by atoms with Gasteiger partial charge in [-0.25, -0.2) is 0 Å². The Hall–Kier alpha value is -1.82. The Balaban J connectivity index is 1.90. The molecule has 0 aromatic carbocycles. The monoisotopic (exact) mass is 232 g/mol. The second kappa shape index (κ2) is 3.59. The quantitative estimate of drug-likeness (QED) is 0.581. The summed E-state index contributed by atoms with van der Waals surface area (Å²) in [6.07, 6.45) is 6.11. The van der Waals surface area contributed by atoms with E-state index in [9.17, 15) is 0 Å². The van der Waals surface area contributed by atoms with Crippen LogP contribution in [0.1, 0.15) is 30.1 Å². The number of hydrogen-bond acceptors (Lipinski definition) is 3. The molecular weight excluding hydrogens is 216 g/mol. The molecule has 1 saturated carbocycles. The Bertz CT molecular complexity index is 484. The fourth-order valence-electron chi connectivity index (χ4n) is 1.95. The Labute approximate surface area is 99.4 Å². The summed E-state index contributed by atoms with van der Waals surface area (Å²) in [7, 11) is 1.70. The smallest absolute Gasteiger partial charge is 0.197 e. The summed E-state index contributed by atoms with van der Waals surface area (Å²) in [5.74, 6) is 1.29. The van der Waals surface area contributed by atoms with Crippen LogP contribution >= 0.6 is 0 Å². The van der Waals surface area contributed by atoms with Crippen LogP contribution < -0.4 is 16.4 Å². The van der Waals surface area contributed by atoms with Gasteiger partial charge in [0.05, 0.1) is 0 Å². The molecule has 2 heterocycles. The van der Waals surface area contributed by atoms with Gasteiger partial charge in [0.25, 0.3) is 0 Å². The first-order valence-electron chi connectivity index (χ1n) is 5.75. The third kappa shape index (κ3) is 1.80. The van der Waals surface area contributed by atoms with Gasteiger partial charge in [0.1, 0.15) is 5.69 Å². The van der Waals surface area contributed by atoms with E-state index < -0.39 is 5.66 Å². The van der Waals surface area contributed by atoms with Crippen molar-refractivity contribution in [3.05, 3.63) is 29.7 Å². The molecule has 0 bridgehead atoms. The topological polar surface area (TPSA) is 91.1 Å². The molecule has 90 valence electrons. The number of H-pyrrole nitrogens is 1. The zero-order valence-corrected chi connectivity index (χ0v) is 9.70. The molecule has 3 rings (SSSR count). The van der Waals surface area contributed by atoms with Crippen LogP contribution in [0.5, 0.6) is 0 Å². The van der Waals surface area contributed by atoms with Gasteiger partial charge in [0.15, 0.2) is 11.6 Å². The van der Waals surface area contributed by atoms with E-state index in [1.165, 1.54) is 18.5 Å². The van der Waals surface area contributed by atoms with Crippen molar-refractivity contribution in [1.29, 1.82) is 0 Å². The van der Waals surface area contributed by atoms with Crippen LogP contribution in [0.15, 0.2) is 23.3 Å². The summed E-state index contributed by atoms with van der Waals surface area (Å²) in [5, 5.41) is 13.4. The highest BCUT2D eigenvalue weighted by Crippen LogP contribution is 2.39. The third-order valence-corrected chi connectivity index (χ3v) is 3.15. The van der Waals surface area contributed by atoms with E-state index >= 15 is 0 Å². The van der Waals surface area contributed by atoms with Crippen molar-refractivity contribution >= 4 is 5.96 Å². The highest BCUT2D eigenvalue weighted by molar-refractivity contribution is 5.82. The van der Waals surface area contributed by atoms with Gasteiger partial charge < -0.3 is 16.4 Å². The van der Waals surface area contributed by atoms with Crippen molar-refractivity contribution < 1.29 is 0 Å². The summed E-state index contributed by atoms with van der Waals surface area (Å²) in [6, 6.07) is 2.04. The number of hydrogen-bond donors (Lipinski definition) is 4. The van der Waals surface area contributed by atoms with E-state index in [4.69, 9.17) is 5.73 Å². The van der Waals surface area contributed by atoms with Crippen molar-refractivity contribution in [1.82, 2.24) is 20.8 Å². The van der Waals surface area contributed by atoms with Gasteiger partial charge in [0, 0.05) is 24.9 Å². The SMILES string of the molecule is CN=C1NC=CC(N)(c2cc(C3CC3)[nH]n2)N1. The first kappa shape index (κ1) is 10.3. The Kier molecular flexibility index (Phi) is 2.19. The summed E-state index contributed by atoms with van der Waals surface area (Å²) in [6.45, 7) is 0. The number of aliphatic imine (C=N–C) groups is 1. The molecule has 1 fully saturated rings. The van der Waals surface area contributed by atoms with Crippen LogP contribution in [-0.4, -0.2) is 23.2 Å². The fourth-order valence-corrected chi connectivity index (χ4v) is 1.95. The van der Waals surface area contributed by atoms with Crippen molar-refractivity contribution in [2.24, 2.45) is 10.7 Å². The normalized spacial score (nSPS) is 30.1. The average Bonchev–Trinajstić information content (AvgIpc) is 3.06. The minimum Gasteiger partial charge on any atom is -0.333 e. The zero-order valence-electron chi connectivity index (χ0n) is 9.70. The van der Waals surface area contributed by atoms with Crippen LogP contribution in [0.3, 0.4) is 0 Å². The molecule has 1 aromatic rings. The zero-order chi connectivity index (χ0) is 11.9. The lowest BCUT2D eigenvalue weighted by Gasteiger charge is -2.30. The second-order valence-corrected chi connectivity index (χ2v) is 4.53.